The van der Waals surface area contributed by atoms with Crippen molar-refractivity contribution in [1.82, 2.24) is 9.55 Å². The van der Waals surface area contributed by atoms with Crippen LogP contribution in [-0.2, 0) is 35.9 Å². The number of aromatic amines is 1. The number of nitrogens with one attached hydrogen (secondary N) is 1. The number of rotatable bonds is 11. The molecule has 6 rings (SSSR count). The molecule has 4 atom stereocenters. The zero-order valence-corrected chi connectivity index (χ0v) is 29.9. The molecule has 0 amide bonds. The zero-order valence-electron chi connectivity index (χ0n) is 27.4. The molecule has 0 saturated carbocycles. The van der Waals surface area contributed by atoms with Crippen molar-refractivity contribution in [2.45, 2.75) is 56.0 Å². The number of aryl methyl sites for hydroxylation is 1. The number of methoxy groups -OCH3 is 2. The van der Waals surface area contributed by atoms with Crippen LogP contribution in [0, 0.1) is 6.92 Å². The molecule has 1 N–H and O–H groups in total. The van der Waals surface area contributed by atoms with Crippen LogP contribution in [0.4, 0.5) is 0 Å². The fourth-order valence-electron chi connectivity index (χ4n) is 6.02. The van der Waals surface area contributed by atoms with Gasteiger partial charge in [0.2, 0.25) is 5.69 Å². The first-order valence-corrected chi connectivity index (χ1v) is 19.6. The van der Waals surface area contributed by atoms with Crippen LogP contribution in [0.25, 0.3) is 0 Å². The maximum Gasteiger partial charge on any atom is 0.330 e. The summed E-state index contributed by atoms with van der Waals surface area (Å²) in [6, 6.07) is 25.5. The van der Waals surface area contributed by atoms with E-state index >= 15 is 0 Å². The summed E-state index contributed by atoms with van der Waals surface area (Å²) in [5, 5.41) is 0. The number of nitrogens with zero attached hydrogens (tertiary/aromatic N) is 1. The van der Waals surface area contributed by atoms with E-state index in [1.807, 2.05) is 78.9 Å². The lowest BCUT2D eigenvalue weighted by molar-refractivity contribution is -0.0914. The fourth-order valence-corrected chi connectivity index (χ4v) is 13.1. The highest BCUT2D eigenvalue weighted by molar-refractivity contribution is 8.68. The smallest absolute Gasteiger partial charge is 0.330 e. The number of aromatic nitrogens is 2. The molecular formula is C35H39N2O8PS2. The average molecular weight is 711 g/mol. The first-order valence-electron chi connectivity index (χ1n) is 15.5. The van der Waals surface area contributed by atoms with Crippen LogP contribution in [-0.4, -0.2) is 53.9 Å². The van der Waals surface area contributed by atoms with Crippen molar-refractivity contribution in [2.24, 2.45) is 0 Å². The normalized spacial score (nSPS) is 23.6. The van der Waals surface area contributed by atoms with E-state index in [-0.39, 0.29) is 11.4 Å². The SMILES string of the molecule is COc1ccc(C(OC[C@H]2O[C@@H](n3cc(C)c(=O)[nH]c3=O)C[C@@H]2OP2(=S)OCC(C)(C)S2)(c2ccccc2)c2ccc(OC)cc2)cc1. The highest BCUT2D eigenvalue weighted by atomic mass is 32.9. The lowest BCUT2D eigenvalue weighted by Crippen LogP contribution is -2.38. The third kappa shape index (κ3) is 7.07. The lowest BCUT2D eigenvalue weighted by Gasteiger charge is -2.37. The van der Waals surface area contributed by atoms with Gasteiger partial charge in [0, 0.05) is 22.9 Å². The molecule has 254 valence electrons. The summed E-state index contributed by atoms with van der Waals surface area (Å²) in [4.78, 5) is 27.5. The number of H-pyrrole nitrogens is 1. The zero-order chi connectivity index (χ0) is 34.1. The Hall–Kier alpha value is -3.22. The van der Waals surface area contributed by atoms with Crippen molar-refractivity contribution >= 4 is 28.9 Å². The predicted molar refractivity (Wildman–Crippen MR) is 190 cm³/mol. The molecule has 2 saturated heterocycles. The Kier molecular flexibility index (Phi) is 10.1. The van der Waals surface area contributed by atoms with Crippen LogP contribution >= 0.6 is 17.1 Å². The molecule has 2 aliphatic rings. The third-order valence-corrected chi connectivity index (χ3v) is 14.3. The first-order chi connectivity index (χ1) is 22.9. The average Bonchev–Trinajstić information content (AvgIpc) is 3.61. The minimum atomic E-state index is -2.74. The summed E-state index contributed by atoms with van der Waals surface area (Å²) in [7, 11) is 3.26. The summed E-state index contributed by atoms with van der Waals surface area (Å²) in [5.74, 6) is 1.42. The molecule has 2 aliphatic heterocycles. The van der Waals surface area contributed by atoms with E-state index in [1.54, 1.807) is 21.1 Å². The van der Waals surface area contributed by atoms with Crippen LogP contribution < -0.4 is 20.7 Å². The molecule has 3 heterocycles. The Morgan fingerprint density at radius 3 is 2.08 bits per heavy atom. The molecular weight excluding hydrogens is 671 g/mol. The Morgan fingerprint density at radius 1 is 0.958 bits per heavy atom. The van der Waals surface area contributed by atoms with Crippen molar-refractivity contribution in [3.05, 3.63) is 128 Å². The third-order valence-electron chi connectivity index (χ3n) is 8.47. The van der Waals surface area contributed by atoms with E-state index in [9.17, 15) is 9.59 Å². The van der Waals surface area contributed by atoms with Gasteiger partial charge < -0.3 is 28.0 Å². The van der Waals surface area contributed by atoms with Crippen molar-refractivity contribution in [3.63, 3.8) is 0 Å². The maximum absolute atomic E-state index is 13.0. The predicted octanol–water partition coefficient (Wildman–Crippen LogP) is 6.31. The molecule has 10 nitrogen and oxygen atoms in total. The lowest BCUT2D eigenvalue weighted by atomic mass is 9.80. The van der Waals surface area contributed by atoms with Gasteiger partial charge in [-0.3, -0.25) is 14.3 Å². The van der Waals surface area contributed by atoms with Crippen LogP contribution in [0.5, 0.6) is 11.5 Å². The molecule has 1 aromatic heterocycles. The summed E-state index contributed by atoms with van der Waals surface area (Å²) in [6.07, 6.45) is -0.145. The summed E-state index contributed by atoms with van der Waals surface area (Å²) < 4.78 is 38.6. The van der Waals surface area contributed by atoms with Gasteiger partial charge >= 0.3 is 5.69 Å². The number of benzene rings is 3. The van der Waals surface area contributed by atoms with Crippen LogP contribution in [0.2, 0.25) is 0 Å². The minimum absolute atomic E-state index is 0.0641. The molecule has 0 aliphatic carbocycles. The largest absolute Gasteiger partial charge is 0.497 e. The number of hydrogen-bond acceptors (Lipinski definition) is 10. The Morgan fingerprint density at radius 2 is 1.54 bits per heavy atom. The van der Waals surface area contributed by atoms with Gasteiger partial charge in [-0.25, -0.2) is 4.79 Å². The van der Waals surface area contributed by atoms with Gasteiger partial charge in [0.05, 0.1) is 33.5 Å². The molecule has 0 bridgehead atoms. The van der Waals surface area contributed by atoms with Gasteiger partial charge in [0.1, 0.15) is 29.4 Å². The van der Waals surface area contributed by atoms with Gasteiger partial charge in [0.15, 0.2) is 0 Å². The van der Waals surface area contributed by atoms with Crippen molar-refractivity contribution in [1.29, 1.82) is 0 Å². The highest BCUT2D eigenvalue weighted by Gasteiger charge is 2.47. The molecule has 48 heavy (non-hydrogen) atoms. The molecule has 0 radical (unpaired) electrons. The van der Waals surface area contributed by atoms with E-state index in [4.69, 9.17) is 39.8 Å². The first kappa shape index (κ1) is 34.6. The van der Waals surface area contributed by atoms with E-state index in [0.717, 1.165) is 16.7 Å². The molecule has 2 fully saturated rings. The summed E-state index contributed by atoms with van der Waals surface area (Å²) in [6.45, 7) is 6.33. The molecule has 3 aromatic carbocycles. The highest BCUT2D eigenvalue weighted by Crippen LogP contribution is 2.71. The standard InChI is InChI=1S/C35H39N2O8PS2/c1-23-20-37(33(39)36-32(23)38)31-19-29(45-46(47)43-22-34(2,3)48-46)30(44-31)21-42-35(24-9-7-6-8-10-24,25-11-15-27(40-4)16-12-25)26-13-17-28(41-5)18-14-26/h6-18,20,29-31H,19,21-22H2,1-5H3,(H,36,38,39)/t29-,30+,31+,46?/m0/s1. The van der Waals surface area contributed by atoms with Crippen LogP contribution in [0.3, 0.4) is 0 Å². The fraction of sp³-hybridized carbons (Fsp3) is 0.371. The van der Waals surface area contributed by atoms with Crippen molar-refractivity contribution in [2.75, 3.05) is 27.4 Å². The van der Waals surface area contributed by atoms with Gasteiger partial charge in [-0.15, -0.1) is 0 Å². The van der Waals surface area contributed by atoms with E-state index in [2.05, 4.69) is 18.8 Å². The Balaban J connectivity index is 1.42. The van der Waals surface area contributed by atoms with E-state index < -0.39 is 41.0 Å². The molecule has 4 aromatic rings. The van der Waals surface area contributed by atoms with Gasteiger partial charge in [-0.2, -0.15) is 0 Å². The van der Waals surface area contributed by atoms with Crippen molar-refractivity contribution in [3.8, 4) is 11.5 Å². The minimum Gasteiger partial charge on any atom is -0.497 e. The number of hydrogen-bond donors (Lipinski definition) is 1. The van der Waals surface area contributed by atoms with Gasteiger partial charge in [0.25, 0.3) is 5.56 Å². The number of ether oxygens (including phenoxy) is 4. The maximum atomic E-state index is 13.0. The topological polar surface area (TPSA) is 110 Å². The molecule has 13 heteroatoms. The molecule has 0 spiro atoms. The summed E-state index contributed by atoms with van der Waals surface area (Å²) >= 11 is 7.48. The second-order valence-corrected chi connectivity index (χ2v) is 19.2. The van der Waals surface area contributed by atoms with Gasteiger partial charge in [-0.05, 0) is 73.5 Å². The monoisotopic (exact) mass is 710 g/mol. The molecule has 1 unspecified atom stereocenters. The van der Waals surface area contributed by atoms with Crippen LogP contribution in [0.1, 0.15) is 48.8 Å². The van der Waals surface area contributed by atoms with E-state index in [0.29, 0.717) is 30.1 Å². The van der Waals surface area contributed by atoms with Crippen LogP contribution in [0.15, 0.2) is 94.6 Å². The van der Waals surface area contributed by atoms with Gasteiger partial charge in [-0.1, -0.05) is 66.0 Å². The second kappa shape index (κ2) is 14.0. The Bertz CT molecular complexity index is 1850. The quantitative estimate of drug-likeness (QED) is 0.141. The van der Waals surface area contributed by atoms with Crippen molar-refractivity contribution < 1.29 is 28.0 Å². The second-order valence-electron chi connectivity index (χ2n) is 12.4. The Labute approximate surface area is 288 Å². The van der Waals surface area contributed by atoms with E-state index in [1.165, 1.54) is 22.1 Å². The summed E-state index contributed by atoms with van der Waals surface area (Å²) in [5.41, 5.74) is -1.84.